The van der Waals surface area contributed by atoms with Gasteiger partial charge in [-0.2, -0.15) is 10.1 Å². The number of hydrogen-bond acceptors (Lipinski definition) is 6. The van der Waals surface area contributed by atoms with E-state index in [0.29, 0.717) is 25.4 Å². The molecular weight excluding hydrogens is 394 g/mol. The summed E-state index contributed by atoms with van der Waals surface area (Å²) in [6.07, 6.45) is 11.8. The third-order valence-electron chi connectivity index (χ3n) is 7.11. The number of likely N-dealkylation sites (tertiary alicyclic amines) is 1. The summed E-state index contributed by atoms with van der Waals surface area (Å²) in [5.74, 6) is 2.80. The van der Waals surface area contributed by atoms with Gasteiger partial charge in [-0.05, 0) is 50.5 Å². The minimum atomic E-state index is -0.176. The van der Waals surface area contributed by atoms with Gasteiger partial charge in [0.15, 0.2) is 5.82 Å². The lowest BCUT2D eigenvalue weighted by Gasteiger charge is -2.41. The van der Waals surface area contributed by atoms with Crippen molar-refractivity contribution in [1.82, 2.24) is 24.8 Å². The maximum Gasteiger partial charge on any atom is 0.229 e. The summed E-state index contributed by atoms with van der Waals surface area (Å²) in [5, 5.41) is 8.79. The number of rotatable bonds is 7. The normalized spacial score (nSPS) is 25.1. The van der Waals surface area contributed by atoms with Gasteiger partial charge in [-0.15, -0.1) is 0 Å². The third-order valence-corrected chi connectivity index (χ3v) is 7.11. The third kappa shape index (κ3) is 4.68. The fourth-order valence-corrected chi connectivity index (χ4v) is 5.18. The zero-order chi connectivity index (χ0) is 21.3. The van der Waals surface area contributed by atoms with Gasteiger partial charge < -0.3 is 14.2 Å². The molecule has 0 N–H and O–H groups in total. The molecule has 0 radical (unpaired) electrons. The van der Waals surface area contributed by atoms with E-state index in [4.69, 9.17) is 14.2 Å². The predicted molar refractivity (Wildman–Crippen MR) is 114 cm³/mol. The molecule has 2 aromatic heterocycles. The highest BCUT2D eigenvalue weighted by molar-refractivity contribution is 5.76. The molecule has 5 rings (SSSR count). The highest BCUT2D eigenvalue weighted by atomic mass is 16.5. The van der Waals surface area contributed by atoms with Crippen LogP contribution in [0.5, 0.6) is 0 Å². The molecule has 168 valence electrons. The molecule has 4 heterocycles. The number of nitrogens with zero attached hydrogens (tertiary/aromatic N) is 5. The Hall–Kier alpha value is -2.22. The standard InChI is InChI=1S/C23H33N5O3/c1-17-14-24-28(15-17)10-5-20(29)27-9-2-8-23(16-27,13-18-3-4-18)22-25-21(31-26-22)19-6-11-30-12-7-19/h14-15,18-19H,2-13,16H2,1H3. The van der Waals surface area contributed by atoms with Crippen LogP contribution in [0.2, 0.25) is 0 Å². The average molecular weight is 428 g/mol. The lowest BCUT2D eigenvalue weighted by Crippen LogP contribution is -2.49. The maximum atomic E-state index is 13.1. The lowest BCUT2D eigenvalue weighted by molar-refractivity contribution is -0.134. The number of piperidine rings is 1. The topological polar surface area (TPSA) is 86.3 Å². The number of aromatic nitrogens is 4. The Kier molecular flexibility index (Phi) is 5.82. The van der Waals surface area contributed by atoms with Gasteiger partial charge in [0.25, 0.3) is 0 Å². The van der Waals surface area contributed by atoms with E-state index in [0.717, 1.165) is 75.1 Å². The zero-order valence-electron chi connectivity index (χ0n) is 18.5. The van der Waals surface area contributed by atoms with E-state index in [1.807, 2.05) is 28.9 Å². The Morgan fingerprint density at radius 2 is 2.10 bits per heavy atom. The first kappa shape index (κ1) is 20.7. The second-order valence-corrected chi connectivity index (χ2v) is 9.72. The summed E-state index contributed by atoms with van der Waals surface area (Å²) in [7, 11) is 0. The quantitative estimate of drug-likeness (QED) is 0.674. The molecule has 2 saturated heterocycles. The molecule has 8 heteroatoms. The molecule has 1 amide bonds. The van der Waals surface area contributed by atoms with Gasteiger partial charge in [0.1, 0.15) is 0 Å². The summed E-state index contributed by atoms with van der Waals surface area (Å²) >= 11 is 0. The highest BCUT2D eigenvalue weighted by Crippen LogP contribution is 2.46. The maximum absolute atomic E-state index is 13.1. The van der Waals surface area contributed by atoms with Gasteiger partial charge in [0.2, 0.25) is 11.8 Å². The number of hydrogen-bond donors (Lipinski definition) is 0. The van der Waals surface area contributed by atoms with Gasteiger partial charge in [-0.3, -0.25) is 9.48 Å². The van der Waals surface area contributed by atoms with Crippen LogP contribution >= 0.6 is 0 Å². The van der Waals surface area contributed by atoms with E-state index in [-0.39, 0.29) is 11.3 Å². The Balaban J connectivity index is 1.30. The van der Waals surface area contributed by atoms with Crippen LogP contribution < -0.4 is 0 Å². The van der Waals surface area contributed by atoms with Gasteiger partial charge in [-0.25, -0.2) is 0 Å². The molecule has 3 aliphatic rings. The molecule has 1 unspecified atom stereocenters. The fourth-order valence-electron chi connectivity index (χ4n) is 5.18. The smallest absolute Gasteiger partial charge is 0.229 e. The first-order valence-electron chi connectivity index (χ1n) is 11.8. The molecule has 2 aliphatic heterocycles. The van der Waals surface area contributed by atoms with Crippen molar-refractivity contribution in [2.75, 3.05) is 26.3 Å². The predicted octanol–water partition coefficient (Wildman–Crippen LogP) is 3.22. The van der Waals surface area contributed by atoms with E-state index in [2.05, 4.69) is 10.3 Å². The van der Waals surface area contributed by atoms with Crippen molar-refractivity contribution >= 4 is 5.91 Å². The van der Waals surface area contributed by atoms with Gasteiger partial charge in [-0.1, -0.05) is 18.0 Å². The highest BCUT2D eigenvalue weighted by Gasteiger charge is 2.46. The summed E-state index contributed by atoms with van der Waals surface area (Å²) in [4.78, 5) is 20.0. The molecule has 1 aliphatic carbocycles. The molecule has 8 nitrogen and oxygen atoms in total. The largest absolute Gasteiger partial charge is 0.381 e. The average Bonchev–Trinajstić information content (AvgIpc) is 3.28. The van der Waals surface area contributed by atoms with Crippen molar-refractivity contribution in [2.24, 2.45) is 5.92 Å². The Morgan fingerprint density at radius 3 is 2.84 bits per heavy atom. The van der Waals surface area contributed by atoms with Crippen LogP contribution in [0.15, 0.2) is 16.9 Å². The van der Waals surface area contributed by atoms with E-state index in [1.165, 1.54) is 12.8 Å². The number of carbonyl (C=O) groups excluding carboxylic acids is 1. The van der Waals surface area contributed by atoms with Crippen LogP contribution in [0.4, 0.5) is 0 Å². The van der Waals surface area contributed by atoms with Gasteiger partial charge >= 0.3 is 0 Å². The molecule has 31 heavy (non-hydrogen) atoms. The van der Waals surface area contributed by atoms with Crippen molar-refractivity contribution in [3.05, 3.63) is 29.7 Å². The molecular formula is C23H33N5O3. The number of aryl methyl sites for hydroxylation is 2. The molecule has 0 bridgehead atoms. The second kappa shape index (κ2) is 8.73. The summed E-state index contributed by atoms with van der Waals surface area (Å²) in [6, 6.07) is 0. The molecule has 0 aromatic carbocycles. The number of amides is 1. The van der Waals surface area contributed by atoms with E-state index >= 15 is 0 Å². The van der Waals surface area contributed by atoms with Crippen LogP contribution in [0.3, 0.4) is 0 Å². The van der Waals surface area contributed by atoms with Crippen molar-refractivity contribution < 1.29 is 14.1 Å². The first-order chi connectivity index (χ1) is 15.1. The van der Waals surface area contributed by atoms with Crippen LogP contribution in [-0.2, 0) is 21.5 Å². The lowest BCUT2D eigenvalue weighted by atomic mass is 9.74. The number of ether oxygens (including phenoxy) is 1. The van der Waals surface area contributed by atoms with Crippen molar-refractivity contribution in [3.8, 4) is 0 Å². The molecule has 2 aromatic rings. The van der Waals surface area contributed by atoms with E-state index < -0.39 is 0 Å². The Morgan fingerprint density at radius 1 is 1.26 bits per heavy atom. The molecule has 1 atom stereocenters. The van der Waals surface area contributed by atoms with E-state index in [9.17, 15) is 4.79 Å². The van der Waals surface area contributed by atoms with Crippen molar-refractivity contribution in [3.63, 3.8) is 0 Å². The summed E-state index contributed by atoms with van der Waals surface area (Å²) in [6.45, 7) is 5.67. The minimum absolute atomic E-state index is 0.176. The minimum Gasteiger partial charge on any atom is -0.381 e. The summed E-state index contributed by atoms with van der Waals surface area (Å²) in [5.41, 5.74) is 0.941. The van der Waals surface area contributed by atoms with Crippen LogP contribution in [0, 0.1) is 12.8 Å². The molecule has 0 spiro atoms. The second-order valence-electron chi connectivity index (χ2n) is 9.72. The zero-order valence-corrected chi connectivity index (χ0v) is 18.5. The van der Waals surface area contributed by atoms with Crippen LogP contribution in [0.25, 0.3) is 0 Å². The number of carbonyl (C=O) groups is 1. The van der Waals surface area contributed by atoms with E-state index in [1.54, 1.807) is 0 Å². The van der Waals surface area contributed by atoms with Crippen molar-refractivity contribution in [1.29, 1.82) is 0 Å². The van der Waals surface area contributed by atoms with Gasteiger partial charge in [0.05, 0.1) is 11.6 Å². The first-order valence-corrected chi connectivity index (χ1v) is 11.8. The SMILES string of the molecule is Cc1cnn(CCC(=O)N2CCCC(CC3CC3)(c3noc(C4CCOCC4)n3)C2)c1. The Bertz CT molecular complexity index is 899. The monoisotopic (exact) mass is 427 g/mol. The van der Waals surface area contributed by atoms with Crippen molar-refractivity contribution in [2.45, 2.75) is 76.2 Å². The Labute approximate surface area is 183 Å². The fraction of sp³-hybridized carbons (Fsp3) is 0.739. The molecule has 3 fully saturated rings. The molecule has 1 saturated carbocycles. The van der Waals surface area contributed by atoms with Crippen LogP contribution in [0.1, 0.15) is 74.6 Å². The van der Waals surface area contributed by atoms with Gasteiger partial charge in [0, 0.05) is 51.4 Å². The van der Waals surface area contributed by atoms with Crippen LogP contribution in [-0.4, -0.2) is 57.0 Å². The summed E-state index contributed by atoms with van der Waals surface area (Å²) < 4.78 is 13.1.